The fraction of sp³-hybridized carbons (Fsp3) is 0.250. The van der Waals surface area contributed by atoms with Crippen LogP contribution in [0.2, 0.25) is 0 Å². The number of rotatable bonds is 2. The molecule has 1 unspecified atom stereocenters. The van der Waals surface area contributed by atoms with Crippen molar-refractivity contribution in [1.82, 2.24) is 15.2 Å². The topological polar surface area (TPSA) is 67.6 Å². The van der Waals surface area contributed by atoms with E-state index in [-0.39, 0.29) is 0 Å². The predicted molar refractivity (Wildman–Crippen MR) is 85.3 cm³/mol. The van der Waals surface area contributed by atoms with E-state index < -0.39 is 0 Å². The van der Waals surface area contributed by atoms with Crippen molar-refractivity contribution in [3.05, 3.63) is 52.7 Å². The van der Waals surface area contributed by atoms with Gasteiger partial charge in [0.05, 0.1) is 17.5 Å². The summed E-state index contributed by atoms with van der Waals surface area (Å²) in [6, 6.07) is 10.8. The van der Waals surface area contributed by atoms with Crippen molar-refractivity contribution in [2.45, 2.75) is 25.2 Å². The Kier molecular flexibility index (Phi) is 3.00. The van der Waals surface area contributed by atoms with Gasteiger partial charge in [-0.3, -0.25) is 5.10 Å². The van der Waals surface area contributed by atoms with Crippen LogP contribution in [0.25, 0.3) is 10.6 Å². The van der Waals surface area contributed by atoms with Crippen LogP contribution in [-0.4, -0.2) is 15.2 Å². The van der Waals surface area contributed by atoms with E-state index in [9.17, 15) is 0 Å². The van der Waals surface area contributed by atoms with Crippen molar-refractivity contribution in [3.8, 4) is 10.6 Å². The number of hydrogen-bond donors (Lipinski definition) is 2. The Hall–Kier alpha value is -2.14. The molecule has 2 aromatic heterocycles. The largest absolute Gasteiger partial charge is 0.383 e. The number of aryl methyl sites for hydroxylation is 1. The molecule has 2 heterocycles. The zero-order valence-corrected chi connectivity index (χ0v) is 12.4. The minimum Gasteiger partial charge on any atom is -0.383 e. The number of nitrogens with two attached hydrogens (primary N) is 1. The Morgan fingerprint density at radius 1 is 1.24 bits per heavy atom. The van der Waals surface area contributed by atoms with Gasteiger partial charge in [-0.2, -0.15) is 5.10 Å². The molecule has 0 aliphatic heterocycles. The third-order valence-electron chi connectivity index (χ3n) is 4.11. The number of benzene rings is 1. The molecule has 1 atom stereocenters. The third kappa shape index (κ3) is 2.23. The molecule has 3 N–H and O–H groups in total. The van der Waals surface area contributed by atoms with Crippen molar-refractivity contribution in [1.29, 1.82) is 0 Å². The van der Waals surface area contributed by atoms with E-state index in [2.05, 4.69) is 40.5 Å². The summed E-state index contributed by atoms with van der Waals surface area (Å²) in [4.78, 5) is 6.15. The standard InChI is InChI=1S/C16H16N4S/c17-15-12(9-18-20-15)16-19-13-7-6-11(8-14(13)21-16)10-4-2-1-3-5-10/h1-5,9,11H,6-8H2,(H3,17,18,20). The predicted octanol–water partition coefficient (Wildman–Crippen LogP) is 3.39. The highest BCUT2D eigenvalue weighted by Gasteiger charge is 2.24. The first-order valence-electron chi connectivity index (χ1n) is 7.14. The maximum atomic E-state index is 5.90. The first-order chi connectivity index (χ1) is 10.3. The second kappa shape index (κ2) is 5.00. The molecule has 106 valence electrons. The molecule has 0 spiro atoms. The molecule has 4 nitrogen and oxygen atoms in total. The Morgan fingerprint density at radius 2 is 2.10 bits per heavy atom. The number of H-pyrrole nitrogens is 1. The van der Waals surface area contributed by atoms with E-state index in [1.807, 2.05) is 0 Å². The molecule has 4 rings (SSSR count). The van der Waals surface area contributed by atoms with E-state index in [0.717, 1.165) is 23.4 Å². The van der Waals surface area contributed by atoms with Gasteiger partial charge in [-0.05, 0) is 30.7 Å². The van der Waals surface area contributed by atoms with Crippen LogP contribution in [0.1, 0.15) is 28.5 Å². The average molecular weight is 296 g/mol. The Morgan fingerprint density at radius 3 is 2.86 bits per heavy atom. The number of nitrogen functional groups attached to an aromatic ring is 1. The summed E-state index contributed by atoms with van der Waals surface area (Å²) in [7, 11) is 0. The number of aromatic amines is 1. The van der Waals surface area contributed by atoms with Crippen molar-refractivity contribution in [2.24, 2.45) is 0 Å². The third-order valence-corrected chi connectivity index (χ3v) is 5.26. The summed E-state index contributed by atoms with van der Waals surface area (Å²) in [6.45, 7) is 0. The molecule has 0 radical (unpaired) electrons. The van der Waals surface area contributed by atoms with Gasteiger partial charge in [0, 0.05) is 4.88 Å². The summed E-state index contributed by atoms with van der Waals surface area (Å²) in [6.07, 6.45) is 5.05. The number of hydrogen-bond acceptors (Lipinski definition) is 4. The number of nitrogens with zero attached hydrogens (tertiary/aromatic N) is 2. The zero-order chi connectivity index (χ0) is 14.2. The first-order valence-corrected chi connectivity index (χ1v) is 7.95. The lowest BCUT2D eigenvalue weighted by Crippen LogP contribution is -2.11. The summed E-state index contributed by atoms with van der Waals surface area (Å²) >= 11 is 1.75. The number of nitrogens with one attached hydrogen (secondary N) is 1. The second-order valence-electron chi connectivity index (χ2n) is 5.44. The maximum absolute atomic E-state index is 5.90. The van der Waals surface area contributed by atoms with Crippen LogP contribution >= 0.6 is 11.3 Å². The van der Waals surface area contributed by atoms with E-state index >= 15 is 0 Å². The monoisotopic (exact) mass is 296 g/mol. The summed E-state index contributed by atoms with van der Waals surface area (Å²) in [5, 5.41) is 7.75. The molecule has 0 saturated heterocycles. The first kappa shape index (κ1) is 12.6. The molecule has 0 amide bonds. The van der Waals surface area contributed by atoms with Gasteiger partial charge < -0.3 is 5.73 Å². The van der Waals surface area contributed by atoms with E-state index in [0.29, 0.717) is 11.7 Å². The smallest absolute Gasteiger partial charge is 0.129 e. The SMILES string of the molecule is Nc1[nH]ncc1-c1nc2c(s1)CC(c1ccccc1)CC2. The van der Waals surface area contributed by atoms with Crippen LogP contribution in [-0.2, 0) is 12.8 Å². The highest BCUT2D eigenvalue weighted by Crippen LogP contribution is 2.38. The molecule has 0 fully saturated rings. The van der Waals surface area contributed by atoms with Crippen LogP contribution in [0, 0.1) is 0 Å². The lowest BCUT2D eigenvalue weighted by molar-refractivity contribution is 0.584. The fourth-order valence-electron chi connectivity index (χ4n) is 2.97. The Bertz CT molecular complexity index is 760. The Balaban J connectivity index is 1.65. The highest BCUT2D eigenvalue weighted by atomic mass is 32.1. The van der Waals surface area contributed by atoms with Crippen LogP contribution in [0.4, 0.5) is 5.82 Å². The van der Waals surface area contributed by atoms with E-state index in [4.69, 9.17) is 10.7 Å². The molecule has 5 heteroatoms. The number of thiazole rings is 1. The molecule has 1 aliphatic rings. The number of aromatic nitrogens is 3. The highest BCUT2D eigenvalue weighted by molar-refractivity contribution is 7.15. The molecule has 0 saturated carbocycles. The van der Waals surface area contributed by atoms with Gasteiger partial charge in [-0.15, -0.1) is 11.3 Å². The lowest BCUT2D eigenvalue weighted by Gasteiger charge is -2.21. The normalized spacial score (nSPS) is 17.6. The molecule has 0 bridgehead atoms. The number of anilines is 1. The van der Waals surface area contributed by atoms with Crippen LogP contribution in [0.5, 0.6) is 0 Å². The van der Waals surface area contributed by atoms with Crippen molar-refractivity contribution in [3.63, 3.8) is 0 Å². The Labute approximate surface area is 127 Å². The minimum atomic E-state index is 0.598. The summed E-state index contributed by atoms with van der Waals surface area (Å²) in [5.41, 5.74) is 9.49. The van der Waals surface area contributed by atoms with E-state index in [1.54, 1.807) is 17.5 Å². The van der Waals surface area contributed by atoms with Crippen molar-refractivity contribution < 1.29 is 0 Å². The van der Waals surface area contributed by atoms with Crippen LogP contribution < -0.4 is 5.73 Å². The van der Waals surface area contributed by atoms with Gasteiger partial charge in [-0.25, -0.2) is 4.98 Å². The molecule has 1 aromatic carbocycles. The molecule has 3 aromatic rings. The average Bonchev–Trinajstić information content (AvgIpc) is 3.12. The fourth-order valence-corrected chi connectivity index (χ4v) is 4.18. The number of fused-ring (bicyclic) bond motifs is 1. The van der Waals surface area contributed by atoms with Gasteiger partial charge in [-0.1, -0.05) is 30.3 Å². The van der Waals surface area contributed by atoms with E-state index in [1.165, 1.54) is 22.6 Å². The second-order valence-corrected chi connectivity index (χ2v) is 6.52. The summed E-state index contributed by atoms with van der Waals surface area (Å²) < 4.78 is 0. The van der Waals surface area contributed by atoms with Crippen molar-refractivity contribution in [2.75, 3.05) is 5.73 Å². The van der Waals surface area contributed by atoms with Crippen LogP contribution in [0.3, 0.4) is 0 Å². The maximum Gasteiger partial charge on any atom is 0.129 e. The minimum absolute atomic E-state index is 0.598. The molecule has 1 aliphatic carbocycles. The van der Waals surface area contributed by atoms with Gasteiger partial charge in [0.1, 0.15) is 10.8 Å². The van der Waals surface area contributed by atoms with Gasteiger partial charge >= 0.3 is 0 Å². The molecular weight excluding hydrogens is 280 g/mol. The van der Waals surface area contributed by atoms with Crippen LogP contribution in [0.15, 0.2) is 36.5 Å². The van der Waals surface area contributed by atoms with Crippen molar-refractivity contribution >= 4 is 17.2 Å². The molecular formula is C16H16N4S. The zero-order valence-electron chi connectivity index (χ0n) is 11.5. The van der Waals surface area contributed by atoms with Gasteiger partial charge in [0.25, 0.3) is 0 Å². The van der Waals surface area contributed by atoms with Gasteiger partial charge in [0.15, 0.2) is 0 Å². The lowest BCUT2D eigenvalue weighted by atomic mass is 9.85. The quantitative estimate of drug-likeness (QED) is 0.761. The summed E-state index contributed by atoms with van der Waals surface area (Å²) in [5.74, 6) is 1.20. The van der Waals surface area contributed by atoms with Gasteiger partial charge in [0.2, 0.25) is 0 Å². The molecule has 21 heavy (non-hydrogen) atoms.